The van der Waals surface area contributed by atoms with Crippen molar-refractivity contribution in [2.75, 3.05) is 26.2 Å². The second kappa shape index (κ2) is 11.9. The Labute approximate surface area is 193 Å². The van der Waals surface area contributed by atoms with Crippen molar-refractivity contribution in [1.29, 1.82) is 0 Å². The van der Waals surface area contributed by atoms with E-state index in [9.17, 15) is 24.0 Å². The molecule has 2 aliphatic rings. The molecular formula is C22H36N4O6. The van der Waals surface area contributed by atoms with Crippen LogP contribution >= 0.6 is 0 Å². The second-order valence-electron chi connectivity index (χ2n) is 8.84. The molecule has 10 nitrogen and oxygen atoms in total. The minimum absolute atomic E-state index is 0.00855. The average Bonchev–Trinajstić information content (AvgIpc) is 3.32. The van der Waals surface area contributed by atoms with Crippen molar-refractivity contribution in [3.05, 3.63) is 0 Å². The number of rotatable bonds is 12. The molecule has 0 bridgehead atoms. The first kappa shape index (κ1) is 21.4. The Bertz CT molecular complexity index is 802. The maximum absolute atomic E-state index is 12.7. The fraction of sp³-hybridized carbons (Fsp3) is 0.773. The lowest BCUT2D eigenvalue weighted by molar-refractivity contribution is -0.197. The maximum Gasteiger partial charge on any atom is 0.334 e. The summed E-state index contributed by atoms with van der Waals surface area (Å²) >= 11 is 0. The summed E-state index contributed by atoms with van der Waals surface area (Å²) in [5.41, 5.74) is -0.715. The van der Waals surface area contributed by atoms with E-state index in [0.29, 0.717) is 18.0 Å². The van der Waals surface area contributed by atoms with E-state index < -0.39 is 30.1 Å². The zero-order chi connectivity index (χ0) is 26.2. The van der Waals surface area contributed by atoms with Gasteiger partial charge in [0.1, 0.15) is 0 Å². The predicted octanol–water partition coefficient (Wildman–Crippen LogP) is 0.897. The molecule has 0 aromatic heterocycles. The highest BCUT2D eigenvalue weighted by molar-refractivity contribution is 6.01. The molecule has 1 unspecified atom stereocenters. The van der Waals surface area contributed by atoms with E-state index in [1.807, 2.05) is 13.8 Å². The Kier molecular flexibility index (Phi) is 7.97. The molecule has 2 heterocycles. The minimum Gasteiger partial charge on any atom is -0.355 e. The Hall–Kier alpha value is -2.49. The van der Waals surface area contributed by atoms with E-state index in [0.717, 1.165) is 19.4 Å². The molecule has 0 aromatic carbocycles. The van der Waals surface area contributed by atoms with Crippen LogP contribution in [0.2, 0.25) is 0 Å². The summed E-state index contributed by atoms with van der Waals surface area (Å²) in [4.78, 5) is 66.2. The van der Waals surface area contributed by atoms with Gasteiger partial charge in [0.15, 0.2) is 0 Å². The van der Waals surface area contributed by atoms with Crippen molar-refractivity contribution in [3.63, 3.8) is 0 Å². The lowest BCUT2D eigenvalue weighted by Gasteiger charge is -2.32. The van der Waals surface area contributed by atoms with Crippen LogP contribution in [-0.4, -0.2) is 71.8 Å². The number of carbonyl (C=O) groups is 5. The number of imide groups is 1. The summed E-state index contributed by atoms with van der Waals surface area (Å²) < 4.78 is 22.2. The van der Waals surface area contributed by atoms with Gasteiger partial charge in [0.05, 0.1) is 11.8 Å². The molecule has 0 aliphatic carbocycles. The Morgan fingerprint density at radius 3 is 2.50 bits per heavy atom. The summed E-state index contributed by atoms with van der Waals surface area (Å²) in [6.45, 7) is 3.12. The van der Waals surface area contributed by atoms with Crippen LogP contribution in [0, 0.1) is 5.41 Å². The number of carbonyl (C=O) groups excluding carboxylic acids is 5. The van der Waals surface area contributed by atoms with Crippen LogP contribution in [0.1, 0.15) is 76.2 Å². The molecule has 1 atom stereocenters. The summed E-state index contributed by atoms with van der Waals surface area (Å²) in [5.74, 6) is -2.50. The number of amides is 4. The quantitative estimate of drug-likeness (QED) is 0.419. The molecule has 180 valence electrons. The molecule has 4 amide bonds. The van der Waals surface area contributed by atoms with E-state index in [-0.39, 0.29) is 63.0 Å². The highest BCUT2D eigenvalue weighted by Gasteiger charge is 2.34. The number of likely N-dealkylation sites (tertiary alicyclic amines) is 1. The molecule has 0 aromatic rings. The average molecular weight is 456 g/mol. The van der Waals surface area contributed by atoms with Crippen LogP contribution < -0.4 is 10.6 Å². The predicted molar refractivity (Wildman–Crippen MR) is 116 cm³/mol. The zero-order valence-corrected chi connectivity index (χ0v) is 18.9. The third kappa shape index (κ3) is 7.58. The van der Waals surface area contributed by atoms with Crippen LogP contribution in [0.3, 0.4) is 0 Å². The Morgan fingerprint density at radius 1 is 1.12 bits per heavy atom. The van der Waals surface area contributed by atoms with Crippen LogP contribution in [0.4, 0.5) is 0 Å². The van der Waals surface area contributed by atoms with Crippen molar-refractivity contribution in [2.24, 2.45) is 5.41 Å². The number of hydrogen-bond acceptors (Lipinski definition) is 7. The lowest BCUT2D eigenvalue weighted by atomic mass is 9.91. The van der Waals surface area contributed by atoms with E-state index >= 15 is 0 Å². The standard InChI is InChI=1S/C22H36N4O6/c1-4-6-16-7-5-14-25(16)15-22(2,3)21(31)24-12-10-17(27)23-13-11-20(30)32-26-18(28)8-9-19(26)29/h16H,4-15H2,1-3H3,(H,23,27)(H,24,31)/i1D3. The minimum atomic E-state index is -1.95. The topological polar surface area (TPSA) is 125 Å². The van der Waals surface area contributed by atoms with Gasteiger partial charge in [-0.3, -0.25) is 24.1 Å². The molecule has 10 heteroatoms. The van der Waals surface area contributed by atoms with Crippen molar-refractivity contribution in [3.8, 4) is 0 Å². The molecule has 2 saturated heterocycles. The van der Waals surface area contributed by atoms with Crippen LogP contribution in [0.15, 0.2) is 0 Å². The number of hydrogen-bond donors (Lipinski definition) is 2. The number of hydroxylamine groups is 2. The normalized spacial score (nSPS) is 21.1. The van der Waals surface area contributed by atoms with E-state index in [1.165, 1.54) is 0 Å². The van der Waals surface area contributed by atoms with Gasteiger partial charge >= 0.3 is 5.97 Å². The number of nitrogens with one attached hydrogen (secondary N) is 2. The van der Waals surface area contributed by atoms with Crippen molar-refractivity contribution >= 4 is 29.6 Å². The monoisotopic (exact) mass is 455 g/mol. The van der Waals surface area contributed by atoms with Gasteiger partial charge in [0.25, 0.3) is 11.8 Å². The van der Waals surface area contributed by atoms with Crippen molar-refractivity contribution in [1.82, 2.24) is 20.6 Å². The van der Waals surface area contributed by atoms with Gasteiger partial charge in [-0.25, -0.2) is 4.79 Å². The first-order valence-electron chi connectivity index (χ1n) is 12.6. The molecule has 2 rings (SSSR count). The molecule has 32 heavy (non-hydrogen) atoms. The molecule has 2 N–H and O–H groups in total. The maximum atomic E-state index is 12.7. The highest BCUT2D eigenvalue weighted by Crippen LogP contribution is 2.26. The van der Waals surface area contributed by atoms with Crippen LogP contribution in [-0.2, 0) is 28.8 Å². The van der Waals surface area contributed by atoms with E-state index in [2.05, 4.69) is 15.5 Å². The van der Waals surface area contributed by atoms with Gasteiger partial charge in [-0.2, -0.15) is 0 Å². The van der Waals surface area contributed by atoms with Crippen LogP contribution in [0.5, 0.6) is 0 Å². The summed E-state index contributed by atoms with van der Waals surface area (Å²) in [7, 11) is 0. The fourth-order valence-electron chi connectivity index (χ4n) is 3.90. The first-order chi connectivity index (χ1) is 16.3. The van der Waals surface area contributed by atoms with E-state index in [4.69, 9.17) is 8.95 Å². The molecule has 0 saturated carbocycles. The smallest absolute Gasteiger partial charge is 0.334 e. The lowest BCUT2D eigenvalue weighted by Crippen LogP contribution is -2.47. The second-order valence-corrected chi connectivity index (χ2v) is 8.84. The SMILES string of the molecule is [2H]C([2H])([2H])CCC1CCCN1CC(C)(C)C(=O)NCCC(=O)NCCC(=O)ON1C(=O)CCC1=O. The summed E-state index contributed by atoms with van der Waals surface area (Å²) in [6, 6.07) is 0.154. The molecule has 2 aliphatic heterocycles. The van der Waals surface area contributed by atoms with Crippen molar-refractivity contribution in [2.45, 2.75) is 78.1 Å². The van der Waals surface area contributed by atoms with Crippen molar-refractivity contribution < 1.29 is 32.9 Å². The van der Waals surface area contributed by atoms with Crippen LogP contribution in [0.25, 0.3) is 0 Å². The van der Waals surface area contributed by atoms with E-state index in [1.54, 1.807) is 0 Å². The van der Waals surface area contributed by atoms with Gasteiger partial charge in [0, 0.05) is 49.1 Å². The highest BCUT2D eigenvalue weighted by atomic mass is 16.7. The van der Waals surface area contributed by atoms with Gasteiger partial charge in [0.2, 0.25) is 11.8 Å². The third-order valence-electron chi connectivity index (χ3n) is 5.68. The molecule has 0 radical (unpaired) electrons. The summed E-state index contributed by atoms with van der Waals surface area (Å²) in [5, 5.41) is 5.75. The van der Waals surface area contributed by atoms with Gasteiger partial charge in [-0.15, -0.1) is 5.06 Å². The first-order valence-corrected chi connectivity index (χ1v) is 11.1. The van der Waals surface area contributed by atoms with Gasteiger partial charge in [-0.1, -0.05) is 13.3 Å². The van der Waals surface area contributed by atoms with Gasteiger partial charge in [-0.05, 0) is 39.7 Å². The largest absolute Gasteiger partial charge is 0.355 e. The fourth-order valence-corrected chi connectivity index (χ4v) is 3.90. The third-order valence-corrected chi connectivity index (χ3v) is 5.68. The molecule has 0 spiro atoms. The molecule has 2 fully saturated rings. The van der Waals surface area contributed by atoms with Gasteiger partial charge < -0.3 is 15.5 Å². The number of nitrogens with zero attached hydrogens (tertiary/aromatic N) is 2. The molecular weight excluding hydrogens is 416 g/mol. The Morgan fingerprint density at radius 2 is 1.81 bits per heavy atom. The zero-order valence-electron chi connectivity index (χ0n) is 21.9. The summed E-state index contributed by atoms with van der Waals surface area (Å²) in [6.07, 6.45) is 2.46. The Balaban J connectivity index is 1.64.